The molecule has 1 aromatic carbocycles. The number of urea groups is 1. The Bertz CT molecular complexity index is 835. The van der Waals surface area contributed by atoms with Crippen LogP contribution in [0.4, 0.5) is 29.5 Å². The number of alkyl halides is 3. The molecule has 0 unspecified atom stereocenters. The molecule has 7 nitrogen and oxygen atoms in total. The summed E-state index contributed by atoms with van der Waals surface area (Å²) in [7, 11) is 0. The molecule has 0 spiro atoms. The Morgan fingerprint density at radius 1 is 1.10 bits per heavy atom. The van der Waals surface area contributed by atoms with Gasteiger partial charge in [-0.25, -0.2) is 4.79 Å². The Balaban J connectivity index is 2.00. The van der Waals surface area contributed by atoms with Gasteiger partial charge in [-0.15, -0.1) is 0 Å². The summed E-state index contributed by atoms with van der Waals surface area (Å²) in [5, 5.41) is 8.76. The largest absolute Gasteiger partial charge is 0.416 e. The van der Waals surface area contributed by atoms with Crippen LogP contribution in [0.25, 0.3) is 0 Å². The van der Waals surface area contributed by atoms with Crippen molar-refractivity contribution in [1.82, 2.24) is 10.1 Å². The third-order valence-corrected chi connectivity index (χ3v) is 4.26. The molecule has 0 aliphatic heterocycles. The minimum atomic E-state index is -4.45. The molecule has 3 amide bonds. The highest BCUT2D eigenvalue weighted by Crippen LogP contribution is 2.29. The highest BCUT2D eigenvalue weighted by molar-refractivity contribution is 5.96. The molecule has 0 aliphatic carbocycles. The molecule has 0 bridgehead atoms. The van der Waals surface area contributed by atoms with Gasteiger partial charge in [-0.2, -0.15) is 13.2 Å². The van der Waals surface area contributed by atoms with Crippen LogP contribution in [-0.4, -0.2) is 35.1 Å². The van der Waals surface area contributed by atoms with Crippen molar-refractivity contribution >= 4 is 23.4 Å². The fourth-order valence-corrected chi connectivity index (χ4v) is 2.71. The summed E-state index contributed by atoms with van der Waals surface area (Å²) in [6, 6.07) is 5.10. The SMILES string of the molecule is CCCCCCN(CC(=O)Nc1cc(C)on1)C(=O)Nc1ccc(C(F)(F)F)cc1. The van der Waals surface area contributed by atoms with Crippen LogP contribution in [0.3, 0.4) is 0 Å². The van der Waals surface area contributed by atoms with Crippen LogP contribution < -0.4 is 10.6 Å². The zero-order valence-electron chi connectivity index (χ0n) is 16.9. The van der Waals surface area contributed by atoms with E-state index in [4.69, 9.17) is 4.52 Å². The number of hydrogen-bond acceptors (Lipinski definition) is 4. The fourth-order valence-electron chi connectivity index (χ4n) is 2.71. The lowest BCUT2D eigenvalue weighted by atomic mass is 10.2. The smallest absolute Gasteiger partial charge is 0.360 e. The zero-order chi connectivity index (χ0) is 22.1. The first-order chi connectivity index (χ1) is 14.2. The van der Waals surface area contributed by atoms with Crippen molar-refractivity contribution in [3.05, 3.63) is 41.7 Å². The maximum atomic E-state index is 12.7. The van der Waals surface area contributed by atoms with Crippen LogP contribution in [-0.2, 0) is 11.0 Å². The number of carbonyl (C=O) groups excluding carboxylic acids is 2. The quantitative estimate of drug-likeness (QED) is 0.549. The van der Waals surface area contributed by atoms with Gasteiger partial charge in [0.15, 0.2) is 5.82 Å². The zero-order valence-corrected chi connectivity index (χ0v) is 16.9. The maximum Gasteiger partial charge on any atom is 0.416 e. The van der Waals surface area contributed by atoms with Crippen molar-refractivity contribution in [3.63, 3.8) is 0 Å². The van der Waals surface area contributed by atoms with Gasteiger partial charge in [0.1, 0.15) is 12.3 Å². The van der Waals surface area contributed by atoms with Crippen molar-refractivity contribution in [3.8, 4) is 0 Å². The topological polar surface area (TPSA) is 87.5 Å². The Labute approximate surface area is 172 Å². The number of halogens is 3. The second-order valence-electron chi connectivity index (χ2n) is 6.86. The van der Waals surface area contributed by atoms with Crippen molar-refractivity contribution in [2.24, 2.45) is 0 Å². The van der Waals surface area contributed by atoms with E-state index >= 15 is 0 Å². The Hall–Kier alpha value is -3.04. The van der Waals surface area contributed by atoms with Gasteiger partial charge in [-0.3, -0.25) is 4.79 Å². The number of rotatable bonds is 9. The summed E-state index contributed by atoms with van der Waals surface area (Å²) < 4.78 is 42.9. The van der Waals surface area contributed by atoms with E-state index in [-0.39, 0.29) is 18.1 Å². The molecule has 2 aromatic rings. The second kappa shape index (κ2) is 10.7. The highest BCUT2D eigenvalue weighted by atomic mass is 19.4. The van der Waals surface area contributed by atoms with Gasteiger partial charge in [-0.05, 0) is 37.6 Å². The van der Waals surface area contributed by atoms with Crippen LogP contribution in [0.1, 0.15) is 43.9 Å². The van der Waals surface area contributed by atoms with E-state index in [1.807, 2.05) is 0 Å². The van der Waals surface area contributed by atoms with Gasteiger partial charge in [0.05, 0.1) is 5.56 Å². The number of amides is 3. The van der Waals surface area contributed by atoms with Gasteiger partial charge in [-0.1, -0.05) is 31.3 Å². The Kier molecular flexibility index (Phi) is 8.25. The first-order valence-electron chi connectivity index (χ1n) is 9.65. The average molecular weight is 426 g/mol. The number of nitrogens with zero attached hydrogens (tertiary/aromatic N) is 2. The number of aryl methyl sites for hydroxylation is 1. The van der Waals surface area contributed by atoms with E-state index < -0.39 is 23.7 Å². The summed E-state index contributed by atoms with van der Waals surface area (Å²) in [5.41, 5.74) is -0.599. The highest BCUT2D eigenvalue weighted by Gasteiger charge is 2.30. The van der Waals surface area contributed by atoms with E-state index in [9.17, 15) is 22.8 Å². The standard InChI is InChI=1S/C20H25F3N4O3/c1-3-4-5-6-11-27(13-18(28)25-17-12-14(2)30-26-17)19(29)24-16-9-7-15(8-10-16)20(21,22)23/h7-10,12H,3-6,11,13H2,1-2H3,(H,24,29)(H,25,26,28). The molecule has 0 saturated carbocycles. The molecule has 0 saturated heterocycles. The van der Waals surface area contributed by atoms with Crippen LogP contribution in [0.5, 0.6) is 0 Å². The summed E-state index contributed by atoms with van der Waals surface area (Å²) in [5.74, 6) is 0.315. The normalized spacial score (nSPS) is 11.2. The molecule has 2 rings (SSSR count). The van der Waals surface area contributed by atoms with E-state index in [2.05, 4.69) is 22.7 Å². The number of aromatic nitrogens is 1. The predicted molar refractivity (Wildman–Crippen MR) is 106 cm³/mol. The van der Waals surface area contributed by atoms with Crippen LogP contribution in [0.2, 0.25) is 0 Å². The first-order valence-corrected chi connectivity index (χ1v) is 9.65. The molecule has 0 fully saturated rings. The van der Waals surface area contributed by atoms with Crippen LogP contribution >= 0.6 is 0 Å². The molecule has 10 heteroatoms. The third-order valence-electron chi connectivity index (χ3n) is 4.26. The minimum absolute atomic E-state index is 0.207. The maximum absolute atomic E-state index is 12.7. The summed E-state index contributed by atoms with van der Waals surface area (Å²) in [6.07, 6.45) is -0.844. The molecule has 2 N–H and O–H groups in total. The summed E-state index contributed by atoms with van der Waals surface area (Å²) in [4.78, 5) is 26.2. The van der Waals surface area contributed by atoms with E-state index in [0.29, 0.717) is 18.7 Å². The predicted octanol–water partition coefficient (Wildman–Crippen LogP) is 5.05. The lowest BCUT2D eigenvalue weighted by Crippen LogP contribution is -2.41. The molecule has 0 radical (unpaired) electrons. The lowest BCUT2D eigenvalue weighted by molar-refractivity contribution is -0.137. The third kappa shape index (κ3) is 7.41. The van der Waals surface area contributed by atoms with Gasteiger partial charge in [0, 0.05) is 18.3 Å². The molecule has 1 aromatic heterocycles. The van der Waals surface area contributed by atoms with Gasteiger partial charge >= 0.3 is 12.2 Å². The van der Waals surface area contributed by atoms with Crippen molar-refractivity contribution in [2.75, 3.05) is 23.7 Å². The Morgan fingerprint density at radius 3 is 2.37 bits per heavy atom. The number of nitrogens with one attached hydrogen (secondary N) is 2. The molecule has 0 aliphatic rings. The molecule has 164 valence electrons. The summed E-state index contributed by atoms with van der Waals surface area (Å²) in [6.45, 7) is 3.84. The van der Waals surface area contributed by atoms with Crippen molar-refractivity contribution in [1.29, 1.82) is 0 Å². The number of anilines is 2. The van der Waals surface area contributed by atoms with E-state index in [1.54, 1.807) is 13.0 Å². The lowest BCUT2D eigenvalue weighted by Gasteiger charge is -2.22. The van der Waals surface area contributed by atoms with E-state index in [0.717, 1.165) is 31.4 Å². The summed E-state index contributed by atoms with van der Waals surface area (Å²) >= 11 is 0. The van der Waals surface area contributed by atoms with E-state index in [1.165, 1.54) is 17.0 Å². The van der Waals surface area contributed by atoms with Crippen LogP contribution in [0.15, 0.2) is 34.9 Å². The number of carbonyl (C=O) groups is 2. The average Bonchev–Trinajstić information content (AvgIpc) is 3.08. The first kappa shape index (κ1) is 23.2. The molecular formula is C20H25F3N4O3. The van der Waals surface area contributed by atoms with Crippen molar-refractivity contribution < 1.29 is 27.3 Å². The minimum Gasteiger partial charge on any atom is -0.360 e. The molecule has 30 heavy (non-hydrogen) atoms. The van der Waals surface area contributed by atoms with Crippen LogP contribution in [0, 0.1) is 6.92 Å². The molecular weight excluding hydrogens is 401 g/mol. The molecule has 1 heterocycles. The number of unbranched alkanes of at least 4 members (excludes halogenated alkanes) is 3. The van der Waals surface area contributed by atoms with Gasteiger partial charge < -0.3 is 20.1 Å². The fraction of sp³-hybridized carbons (Fsp3) is 0.450. The number of hydrogen-bond donors (Lipinski definition) is 2. The van der Waals surface area contributed by atoms with Gasteiger partial charge in [0.25, 0.3) is 0 Å². The van der Waals surface area contributed by atoms with Gasteiger partial charge in [0.2, 0.25) is 5.91 Å². The monoisotopic (exact) mass is 426 g/mol. The number of benzene rings is 1. The second-order valence-corrected chi connectivity index (χ2v) is 6.86. The molecule has 0 atom stereocenters. The van der Waals surface area contributed by atoms with Crippen molar-refractivity contribution in [2.45, 2.75) is 45.7 Å². The Morgan fingerprint density at radius 2 is 1.80 bits per heavy atom.